The summed E-state index contributed by atoms with van der Waals surface area (Å²) >= 11 is 0. The van der Waals surface area contributed by atoms with Gasteiger partial charge >= 0.3 is 0 Å². The summed E-state index contributed by atoms with van der Waals surface area (Å²) in [5.41, 5.74) is 6.21. The number of anilines is 1. The van der Waals surface area contributed by atoms with Crippen molar-refractivity contribution in [3.63, 3.8) is 0 Å². The Hall–Kier alpha value is -1.88. The Bertz CT molecular complexity index is 500. The first-order valence-electron chi connectivity index (χ1n) is 7.24. The molecule has 0 heterocycles. The quantitative estimate of drug-likeness (QED) is 0.842. The molecule has 3 N–H and O–H groups in total. The summed E-state index contributed by atoms with van der Waals surface area (Å²) in [5, 5.41) is 2.87. The highest BCUT2D eigenvalue weighted by molar-refractivity contribution is 6.04. The first-order chi connectivity index (χ1) is 9.91. The van der Waals surface area contributed by atoms with Gasteiger partial charge in [0.1, 0.15) is 0 Å². The van der Waals surface area contributed by atoms with Crippen LogP contribution in [0.15, 0.2) is 24.3 Å². The Morgan fingerprint density at radius 2 is 1.76 bits per heavy atom. The molecule has 1 aromatic carbocycles. The average Bonchev–Trinajstić information content (AvgIpc) is 2.49. The predicted molar refractivity (Wildman–Crippen MR) is 85.2 cm³/mol. The van der Waals surface area contributed by atoms with E-state index in [1.54, 1.807) is 38.4 Å². The largest absolute Gasteiger partial charge is 0.345 e. The number of hydrogen-bond acceptors (Lipinski definition) is 3. The number of hydrogen-bond donors (Lipinski definition) is 2. The average molecular weight is 291 g/mol. The van der Waals surface area contributed by atoms with Crippen LogP contribution in [-0.2, 0) is 4.79 Å². The van der Waals surface area contributed by atoms with Crippen molar-refractivity contribution in [3.05, 3.63) is 29.8 Å². The van der Waals surface area contributed by atoms with E-state index in [-0.39, 0.29) is 18.4 Å². The number of amides is 2. The molecule has 2 amide bonds. The zero-order chi connectivity index (χ0) is 16.0. The lowest BCUT2D eigenvalue weighted by Crippen LogP contribution is -2.41. The van der Waals surface area contributed by atoms with Crippen molar-refractivity contribution < 1.29 is 9.59 Å². The number of rotatable bonds is 6. The number of nitrogens with two attached hydrogens (primary N) is 1. The molecule has 0 aliphatic heterocycles. The van der Waals surface area contributed by atoms with Gasteiger partial charge in [-0.15, -0.1) is 0 Å². The van der Waals surface area contributed by atoms with E-state index >= 15 is 0 Å². The highest BCUT2D eigenvalue weighted by atomic mass is 16.2. The topological polar surface area (TPSA) is 75.4 Å². The molecule has 1 aromatic rings. The second kappa shape index (κ2) is 7.22. The smallest absolute Gasteiger partial charge is 0.255 e. The third kappa shape index (κ3) is 3.61. The highest BCUT2D eigenvalue weighted by Gasteiger charge is 2.33. The molecule has 21 heavy (non-hydrogen) atoms. The lowest BCUT2D eigenvalue weighted by Gasteiger charge is -2.29. The summed E-state index contributed by atoms with van der Waals surface area (Å²) in [7, 11) is 3.37. The molecule has 0 aromatic heterocycles. The SMILES string of the molecule is CCC(CC)(CN)C(=O)Nc1ccccc1C(=O)N(C)C. The zero-order valence-electron chi connectivity index (χ0n) is 13.3. The fraction of sp³-hybridized carbons (Fsp3) is 0.500. The molecule has 0 saturated carbocycles. The molecule has 5 nitrogen and oxygen atoms in total. The van der Waals surface area contributed by atoms with E-state index in [4.69, 9.17) is 5.73 Å². The third-order valence-electron chi connectivity index (χ3n) is 4.04. The van der Waals surface area contributed by atoms with Crippen LogP contribution in [0.4, 0.5) is 5.69 Å². The van der Waals surface area contributed by atoms with Gasteiger partial charge < -0.3 is 16.0 Å². The Morgan fingerprint density at radius 1 is 1.19 bits per heavy atom. The van der Waals surface area contributed by atoms with Crippen LogP contribution < -0.4 is 11.1 Å². The first-order valence-corrected chi connectivity index (χ1v) is 7.24. The van der Waals surface area contributed by atoms with Crippen molar-refractivity contribution in [1.29, 1.82) is 0 Å². The Morgan fingerprint density at radius 3 is 2.24 bits per heavy atom. The minimum atomic E-state index is -0.589. The van der Waals surface area contributed by atoms with Gasteiger partial charge in [-0.1, -0.05) is 26.0 Å². The molecule has 0 fully saturated rings. The number of carbonyl (C=O) groups excluding carboxylic acids is 2. The van der Waals surface area contributed by atoms with E-state index in [1.807, 2.05) is 13.8 Å². The lowest BCUT2D eigenvalue weighted by atomic mass is 9.81. The van der Waals surface area contributed by atoms with Crippen LogP contribution in [0.1, 0.15) is 37.0 Å². The summed E-state index contributed by atoms with van der Waals surface area (Å²) in [6, 6.07) is 7.02. The molecule has 0 spiro atoms. The van der Waals surface area contributed by atoms with Crippen LogP contribution >= 0.6 is 0 Å². The maximum atomic E-state index is 12.6. The minimum absolute atomic E-state index is 0.131. The molecule has 1 rings (SSSR count). The fourth-order valence-electron chi connectivity index (χ4n) is 2.23. The van der Waals surface area contributed by atoms with Gasteiger partial charge in [0.05, 0.1) is 16.7 Å². The molecule has 0 aliphatic rings. The Kier molecular flexibility index (Phi) is 5.90. The molecular weight excluding hydrogens is 266 g/mol. The number of nitrogens with zero attached hydrogens (tertiary/aromatic N) is 1. The second-order valence-electron chi connectivity index (χ2n) is 5.39. The van der Waals surface area contributed by atoms with Gasteiger partial charge in [0.2, 0.25) is 5.91 Å². The van der Waals surface area contributed by atoms with Crippen LogP contribution in [0.2, 0.25) is 0 Å². The molecule has 0 radical (unpaired) electrons. The van der Waals surface area contributed by atoms with Gasteiger partial charge in [-0.3, -0.25) is 9.59 Å². The van der Waals surface area contributed by atoms with E-state index in [2.05, 4.69) is 5.32 Å². The fourth-order valence-corrected chi connectivity index (χ4v) is 2.23. The van der Waals surface area contributed by atoms with Gasteiger partial charge in [0.25, 0.3) is 5.91 Å². The van der Waals surface area contributed by atoms with Crippen LogP contribution in [0, 0.1) is 5.41 Å². The predicted octanol–water partition coefficient (Wildman–Crippen LogP) is 2.09. The number of benzene rings is 1. The van der Waals surface area contributed by atoms with Gasteiger partial charge in [0, 0.05) is 20.6 Å². The molecule has 0 atom stereocenters. The summed E-state index contributed by atoms with van der Waals surface area (Å²) in [6.45, 7) is 4.19. The molecule has 0 aliphatic carbocycles. The maximum Gasteiger partial charge on any atom is 0.255 e. The monoisotopic (exact) mass is 291 g/mol. The first kappa shape index (κ1) is 17.2. The summed E-state index contributed by atoms with van der Waals surface area (Å²) in [4.78, 5) is 26.2. The number of nitrogens with one attached hydrogen (secondary N) is 1. The van der Waals surface area contributed by atoms with Crippen LogP contribution in [0.5, 0.6) is 0 Å². The van der Waals surface area contributed by atoms with Crippen molar-refractivity contribution >= 4 is 17.5 Å². The molecule has 116 valence electrons. The molecule has 0 unspecified atom stereocenters. The van der Waals surface area contributed by atoms with Gasteiger partial charge in [-0.2, -0.15) is 0 Å². The molecule has 0 saturated heterocycles. The van der Waals surface area contributed by atoms with Crippen molar-refractivity contribution in [2.45, 2.75) is 26.7 Å². The van der Waals surface area contributed by atoms with Crippen molar-refractivity contribution in [1.82, 2.24) is 4.90 Å². The van der Waals surface area contributed by atoms with Crippen molar-refractivity contribution in [2.75, 3.05) is 26.0 Å². The van der Waals surface area contributed by atoms with Gasteiger partial charge in [-0.05, 0) is 25.0 Å². The Labute approximate surface area is 126 Å². The van der Waals surface area contributed by atoms with Gasteiger partial charge in [-0.25, -0.2) is 0 Å². The third-order valence-corrected chi connectivity index (χ3v) is 4.04. The molecule has 5 heteroatoms. The van der Waals surface area contributed by atoms with Crippen LogP contribution in [-0.4, -0.2) is 37.4 Å². The Balaban J connectivity index is 3.09. The van der Waals surface area contributed by atoms with E-state index in [1.165, 1.54) is 4.90 Å². The van der Waals surface area contributed by atoms with Gasteiger partial charge in [0.15, 0.2) is 0 Å². The minimum Gasteiger partial charge on any atom is -0.345 e. The van der Waals surface area contributed by atoms with Crippen molar-refractivity contribution in [2.24, 2.45) is 11.1 Å². The van der Waals surface area contributed by atoms with Crippen molar-refractivity contribution in [3.8, 4) is 0 Å². The maximum absolute atomic E-state index is 12.6. The second-order valence-corrected chi connectivity index (χ2v) is 5.39. The highest BCUT2D eigenvalue weighted by Crippen LogP contribution is 2.28. The van der Waals surface area contributed by atoms with E-state index in [9.17, 15) is 9.59 Å². The summed E-state index contributed by atoms with van der Waals surface area (Å²) in [5.74, 6) is -0.272. The molecule has 0 bridgehead atoms. The van der Waals surface area contributed by atoms with Crippen LogP contribution in [0.25, 0.3) is 0 Å². The van der Waals surface area contributed by atoms with Crippen LogP contribution in [0.3, 0.4) is 0 Å². The number of carbonyl (C=O) groups is 2. The standard InChI is InChI=1S/C16H25N3O2/c1-5-16(6-2,11-17)15(21)18-13-10-8-7-9-12(13)14(20)19(3)4/h7-10H,5-6,11,17H2,1-4H3,(H,18,21). The lowest BCUT2D eigenvalue weighted by molar-refractivity contribution is -0.125. The van der Waals surface area contributed by atoms with E-state index in [0.717, 1.165) is 0 Å². The van der Waals surface area contributed by atoms with E-state index < -0.39 is 5.41 Å². The molecular formula is C16H25N3O2. The number of para-hydroxylation sites is 1. The summed E-state index contributed by atoms with van der Waals surface area (Å²) < 4.78 is 0. The normalized spacial score (nSPS) is 11.1. The summed E-state index contributed by atoms with van der Waals surface area (Å²) in [6.07, 6.45) is 1.32. The van der Waals surface area contributed by atoms with E-state index in [0.29, 0.717) is 24.1 Å². The zero-order valence-corrected chi connectivity index (χ0v) is 13.3.